The van der Waals surface area contributed by atoms with Crippen LogP contribution in [0.2, 0.25) is 0 Å². The molecule has 1 aliphatic carbocycles. The molecule has 0 radical (unpaired) electrons. The van der Waals surface area contributed by atoms with Gasteiger partial charge in [-0.05, 0) is 45.2 Å². The molecule has 0 aromatic carbocycles. The highest BCUT2D eigenvalue weighted by Gasteiger charge is 2.25. The lowest BCUT2D eigenvalue weighted by molar-refractivity contribution is 0.273. The van der Waals surface area contributed by atoms with Crippen LogP contribution in [0.4, 0.5) is 0 Å². The van der Waals surface area contributed by atoms with Crippen molar-refractivity contribution in [2.24, 2.45) is 5.92 Å². The molecule has 70 valence electrons. The summed E-state index contributed by atoms with van der Waals surface area (Å²) in [5.41, 5.74) is 0. The lowest BCUT2D eigenvalue weighted by atomic mass is 9.90. The molecule has 2 rings (SSSR count). The van der Waals surface area contributed by atoms with Gasteiger partial charge in [0.15, 0.2) is 0 Å². The summed E-state index contributed by atoms with van der Waals surface area (Å²) in [5, 5.41) is 7.14. The molecule has 0 aromatic heterocycles. The van der Waals surface area contributed by atoms with E-state index in [0.717, 1.165) is 18.0 Å². The molecule has 2 unspecified atom stereocenters. The molecule has 2 nitrogen and oxygen atoms in total. The van der Waals surface area contributed by atoms with E-state index in [2.05, 4.69) is 17.6 Å². The van der Waals surface area contributed by atoms with Crippen molar-refractivity contribution in [3.05, 3.63) is 0 Å². The van der Waals surface area contributed by atoms with Gasteiger partial charge in [-0.2, -0.15) is 0 Å². The first-order chi connectivity index (χ1) is 5.86. The van der Waals surface area contributed by atoms with Crippen LogP contribution in [-0.4, -0.2) is 25.2 Å². The predicted molar refractivity (Wildman–Crippen MR) is 51.2 cm³/mol. The Bertz CT molecular complexity index is 137. The van der Waals surface area contributed by atoms with Crippen LogP contribution in [-0.2, 0) is 0 Å². The summed E-state index contributed by atoms with van der Waals surface area (Å²) in [6, 6.07) is 1.57. The van der Waals surface area contributed by atoms with Crippen molar-refractivity contribution in [1.29, 1.82) is 0 Å². The average molecular weight is 168 g/mol. The maximum absolute atomic E-state index is 3.72. The fraction of sp³-hybridized carbons (Fsp3) is 1.00. The van der Waals surface area contributed by atoms with E-state index in [-0.39, 0.29) is 0 Å². The van der Waals surface area contributed by atoms with Gasteiger partial charge in [0.25, 0.3) is 0 Å². The molecule has 1 saturated carbocycles. The minimum atomic E-state index is 0.727. The fourth-order valence-electron chi connectivity index (χ4n) is 2.19. The molecule has 1 saturated heterocycles. The van der Waals surface area contributed by atoms with Gasteiger partial charge in [-0.25, -0.2) is 0 Å². The largest absolute Gasteiger partial charge is 0.316 e. The molecule has 2 N–H and O–H groups in total. The molecule has 2 fully saturated rings. The number of rotatable bonds is 3. The normalized spacial score (nSPS) is 33.2. The minimum absolute atomic E-state index is 0.727. The lowest BCUT2D eigenvalue weighted by Gasteiger charge is -2.32. The molecule has 0 bridgehead atoms. The first kappa shape index (κ1) is 8.52. The van der Waals surface area contributed by atoms with Crippen molar-refractivity contribution in [2.45, 2.75) is 44.7 Å². The van der Waals surface area contributed by atoms with Crippen molar-refractivity contribution in [3.63, 3.8) is 0 Å². The summed E-state index contributed by atoms with van der Waals surface area (Å²) < 4.78 is 0. The van der Waals surface area contributed by atoms with Gasteiger partial charge in [0.05, 0.1) is 0 Å². The smallest absolute Gasteiger partial charge is 0.00821 e. The molecule has 12 heavy (non-hydrogen) atoms. The molecule has 1 heterocycles. The average Bonchev–Trinajstić information content (AvgIpc) is 2.47. The van der Waals surface area contributed by atoms with E-state index in [9.17, 15) is 0 Å². The molecular weight excluding hydrogens is 148 g/mol. The summed E-state index contributed by atoms with van der Waals surface area (Å²) in [5.74, 6) is 0.880. The van der Waals surface area contributed by atoms with E-state index < -0.39 is 0 Å². The highest BCUT2D eigenvalue weighted by atomic mass is 15.0. The van der Waals surface area contributed by atoms with Crippen molar-refractivity contribution < 1.29 is 0 Å². The molecule has 0 spiro atoms. The Kier molecular flexibility index (Phi) is 2.66. The highest BCUT2D eigenvalue weighted by molar-refractivity contribution is 4.85. The fourth-order valence-corrected chi connectivity index (χ4v) is 2.19. The van der Waals surface area contributed by atoms with Gasteiger partial charge >= 0.3 is 0 Å². The molecule has 2 heteroatoms. The van der Waals surface area contributed by atoms with Crippen LogP contribution in [0.3, 0.4) is 0 Å². The van der Waals surface area contributed by atoms with E-state index in [1.165, 1.54) is 38.8 Å². The van der Waals surface area contributed by atoms with E-state index >= 15 is 0 Å². The first-order valence-electron chi connectivity index (χ1n) is 5.33. The summed E-state index contributed by atoms with van der Waals surface area (Å²) in [7, 11) is 0. The highest BCUT2D eigenvalue weighted by Crippen LogP contribution is 2.21. The summed E-state index contributed by atoms with van der Waals surface area (Å²) in [4.78, 5) is 0. The van der Waals surface area contributed by atoms with Gasteiger partial charge in [-0.1, -0.05) is 6.42 Å². The van der Waals surface area contributed by atoms with Crippen molar-refractivity contribution in [2.75, 3.05) is 13.1 Å². The molecule has 2 aliphatic rings. The van der Waals surface area contributed by atoms with Crippen molar-refractivity contribution in [3.8, 4) is 0 Å². The van der Waals surface area contributed by atoms with Gasteiger partial charge in [-0.3, -0.25) is 0 Å². The Morgan fingerprint density at radius 2 is 2.17 bits per heavy atom. The van der Waals surface area contributed by atoms with Gasteiger partial charge < -0.3 is 10.6 Å². The zero-order valence-corrected chi connectivity index (χ0v) is 7.97. The van der Waals surface area contributed by atoms with E-state index in [0.29, 0.717) is 0 Å². The van der Waals surface area contributed by atoms with Crippen molar-refractivity contribution in [1.82, 2.24) is 10.6 Å². The van der Waals surface area contributed by atoms with Crippen LogP contribution in [0.15, 0.2) is 0 Å². The Labute approximate surface area is 75.1 Å². The van der Waals surface area contributed by atoms with Gasteiger partial charge in [0.1, 0.15) is 0 Å². The number of hydrogen-bond acceptors (Lipinski definition) is 2. The number of hydrogen-bond donors (Lipinski definition) is 2. The quantitative estimate of drug-likeness (QED) is 0.660. The maximum Gasteiger partial charge on any atom is 0.00821 e. The standard InChI is InChI=1S/C10H20N2/c1-8(9-5-6-11-7-9)12-10-3-2-4-10/h8-12H,2-7H2,1H3. The van der Waals surface area contributed by atoms with Crippen LogP contribution >= 0.6 is 0 Å². The Hall–Kier alpha value is -0.0800. The van der Waals surface area contributed by atoms with Gasteiger partial charge in [0, 0.05) is 12.1 Å². The maximum atomic E-state index is 3.72. The lowest BCUT2D eigenvalue weighted by Crippen LogP contribution is -2.44. The zero-order chi connectivity index (χ0) is 8.39. The Morgan fingerprint density at radius 1 is 1.33 bits per heavy atom. The SMILES string of the molecule is CC(NC1CCC1)C1CCNC1. The number of nitrogens with one attached hydrogen (secondary N) is 2. The first-order valence-corrected chi connectivity index (χ1v) is 5.33. The topological polar surface area (TPSA) is 24.1 Å². The van der Waals surface area contributed by atoms with Crippen LogP contribution in [0.25, 0.3) is 0 Å². The van der Waals surface area contributed by atoms with E-state index in [1.54, 1.807) is 0 Å². The second-order valence-electron chi connectivity index (χ2n) is 4.34. The van der Waals surface area contributed by atoms with Gasteiger partial charge in [0.2, 0.25) is 0 Å². The molecule has 0 amide bonds. The third kappa shape index (κ3) is 1.80. The second-order valence-corrected chi connectivity index (χ2v) is 4.34. The summed E-state index contributed by atoms with van der Waals surface area (Å²) in [6.07, 6.45) is 5.61. The van der Waals surface area contributed by atoms with Crippen molar-refractivity contribution >= 4 is 0 Å². The van der Waals surface area contributed by atoms with E-state index in [1.807, 2.05) is 0 Å². The summed E-state index contributed by atoms with van der Waals surface area (Å²) in [6.45, 7) is 4.79. The monoisotopic (exact) mass is 168 g/mol. The van der Waals surface area contributed by atoms with Crippen LogP contribution in [0.5, 0.6) is 0 Å². The van der Waals surface area contributed by atoms with Crippen LogP contribution in [0, 0.1) is 5.92 Å². The van der Waals surface area contributed by atoms with Crippen LogP contribution < -0.4 is 10.6 Å². The minimum Gasteiger partial charge on any atom is -0.316 e. The third-order valence-corrected chi connectivity index (χ3v) is 3.41. The summed E-state index contributed by atoms with van der Waals surface area (Å²) >= 11 is 0. The third-order valence-electron chi connectivity index (χ3n) is 3.41. The molecule has 0 aromatic rings. The van der Waals surface area contributed by atoms with Crippen LogP contribution in [0.1, 0.15) is 32.6 Å². The molecular formula is C10H20N2. The Morgan fingerprint density at radius 3 is 2.67 bits per heavy atom. The molecule has 1 aliphatic heterocycles. The second kappa shape index (κ2) is 3.75. The van der Waals surface area contributed by atoms with Gasteiger partial charge in [-0.15, -0.1) is 0 Å². The zero-order valence-electron chi connectivity index (χ0n) is 7.97. The van der Waals surface area contributed by atoms with E-state index in [4.69, 9.17) is 0 Å². The molecule has 2 atom stereocenters. The predicted octanol–water partition coefficient (Wildman–Crippen LogP) is 1.13. The Balaban J connectivity index is 1.71.